The molecule has 0 saturated heterocycles. The molecule has 0 fully saturated rings. The third kappa shape index (κ3) is 16.8. The largest absolute Gasteiger partial charge is 0.481 e. The van der Waals surface area contributed by atoms with Crippen LogP contribution in [0.4, 0.5) is 0 Å². The molecule has 0 aromatic rings. The first-order chi connectivity index (χ1) is 25.3. The normalized spacial score (nSPS) is 16.0. The van der Waals surface area contributed by atoms with Crippen LogP contribution in [0.25, 0.3) is 0 Å². The number of nitrogens with one attached hydrogen (secondary N) is 7. The topological polar surface area (TPSA) is 325 Å². The van der Waals surface area contributed by atoms with Gasteiger partial charge < -0.3 is 47.4 Å². The van der Waals surface area contributed by atoms with Crippen LogP contribution in [-0.2, 0) is 43.2 Å². The number of rotatable bonds is 27. The lowest BCUT2D eigenvalue weighted by atomic mass is 9.93. The van der Waals surface area contributed by atoms with Gasteiger partial charge in [0.1, 0.15) is 36.7 Å². The highest BCUT2D eigenvalue weighted by atomic mass is 16.4. The molecule has 54 heavy (non-hydrogen) atoms. The molecule has 0 rings (SSSR count). The molecule has 20 heteroatoms. The van der Waals surface area contributed by atoms with E-state index in [9.17, 15) is 48.3 Å². The van der Waals surface area contributed by atoms with E-state index in [-0.39, 0.29) is 37.7 Å². The fourth-order valence-electron chi connectivity index (χ4n) is 5.21. The second-order valence-electron chi connectivity index (χ2n) is 13.4. The first-order valence-electron chi connectivity index (χ1n) is 18.0. The Kier molecular flexibility index (Phi) is 22.8. The summed E-state index contributed by atoms with van der Waals surface area (Å²) in [6.45, 7) is 11.4. The zero-order valence-electron chi connectivity index (χ0n) is 32.2. The van der Waals surface area contributed by atoms with Gasteiger partial charge in [0.25, 0.3) is 11.8 Å². The third-order valence-electron chi connectivity index (χ3n) is 9.14. The van der Waals surface area contributed by atoms with Gasteiger partial charge >= 0.3 is 5.97 Å². The molecular formula is C34H60N10O10. The second-order valence-corrected chi connectivity index (χ2v) is 13.4. The van der Waals surface area contributed by atoms with Crippen molar-refractivity contribution in [2.75, 3.05) is 6.54 Å². The van der Waals surface area contributed by atoms with Gasteiger partial charge in [-0.2, -0.15) is 0 Å². The van der Waals surface area contributed by atoms with Crippen LogP contribution in [0.3, 0.4) is 0 Å². The molecule has 0 aliphatic carbocycles. The first-order valence-corrected chi connectivity index (χ1v) is 18.0. The Balaban J connectivity index is 6.87. The highest BCUT2D eigenvalue weighted by molar-refractivity contribution is 6.05. The van der Waals surface area contributed by atoms with Gasteiger partial charge in [0.05, 0.1) is 24.9 Å². The Morgan fingerprint density at radius 1 is 0.741 bits per heavy atom. The number of hydrogen-bond acceptors (Lipinski definition) is 12. The molecule has 0 aromatic carbocycles. The SMILES string of the molecule is CC[C@H](C)[C@H](NC(=O)[C@H](CCCNC(=N)N)NN[C@@H](CC(N)=O)C(=O)N[C@H](C=O)[C@@H](C)CC)C(=O)N(C(=O)[C@H](CC(=O)O)NC(C)=O)[C@H](C=O)[C@@H](C)CC. The number of carbonyl (C=O) groups is 9. The fourth-order valence-corrected chi connectivity index (χ4v) is 5.21. The van der Waals surface area contributed by atoms with Gasteiger partial charge in [-0.3, -0.25) is 43.9 Å². The van der Waals surface area contributed by atoms with Crippen molar-refractivity contribution in [2.24, 2.45) is 29.2 Å². The number of hydrogen-bond donors (Lipinski definition) is 10. The number of aliphatic carboxylic acids is 1. The summed E-state index contributed by atoms with van der Waals surface area (Å²) in [7, 11) is 0. The predicted octanol–water partition coefficient (Wildman–Crippen LogP) is -1.83. The Labute approximate surface area is 315 Å². The van der Waals surface area contributed by atoms with Crippen molar-refractivity contribution in [3.8, 4) is 0 Å². The number of amides is 6. The van der Waals surface area contributed by atoms with Crippen LogP contribution in [0.15, 0.2) is 0 Å². The molecule has 0 saturated carbocycles. The summed E-state index contributed by atoms with van der Waals surface area (Å²) in [5.74, 6) is -8.70. The van der Waals surface area contributed by atoms with Crippen LogP contribution in [0.2, 0.25) is 0 Å². The average molecular weight is 769 g/mol. The van der Waals surface area contributed by atoms with Gasteiger partial charge in [-0.1, -0.05) is 60.8 Å². The van der Waals surface area contributed by atoms with E-state index in [2.05, 4.69) is 32.1 Å². The van der Waals surface area contributed by atoms with Crippen molar-refractivity contribution in [1.29, 1.82) is 5.41 Å². The van der Waals surface area contributed by atoms with Gasteiger partial charge in [0.15, 0.2) is 5.96 Å². The number of hydrazine groups is 1. The Morgan fingerprint density at radius 3 is 1.76 bits per heavy atom. The Morgan fingerprint density at radius 2 is 1.30 bits per heavy atom. The number of carboxylic acid groups (broad SMARTS) is 1. The number of primary amides is 1. The highest BCUT2D eigenvalue weighted by Gasteiger charge is 2.42. The summed E-state index contributed by atoms with van der Waals surface area (Å²) >= 11 is 0. The molecule has 306 valence electrons. The van der Waals surface area contributed by atoms with Gasteiger partial charge in [-0.05, 0) is 30.6 Å². The minimum atomic E-state index is -1.72. The van der Waals surface area contributed by atoms with Crippen molar-refractivity contribution in [3.63, 3.8) is 0 Å². The van der Waals surface area contributed by atoms with E-state index in [1.165, 1.54) is 0 Å². The summed E-state index contributed by atoms with van der Waals surface area (Å²) in [5, 5.41) is 26.9. The lowest BCUT2D eigenvalue weighted by Gasteiger charge is -2.37. The minimum Gasteiger partial charge on any atom is -0.481 e. The first kappa shape index (κ1) is 49.0. The number of nitrogens with zero attached hydrogens (tertiary/aromatic N) is 1. The standard InChI is InChI=1S/C34H60N10O10/c1-8-18(4)25(16-45)40-31(52)23(14-27(35)48)43-42-22(12-11-13-38-34(36)37)30(51)41-29(20(6)10-3)33(54)44(26(17-46)19(5)9-2)32(53)24(15-28(49)50)39-21(7)47/h16-20,22-26,29,42-43H,8-15H2,1-7H3,(H2,35,48)(H,39,47)(H,40,52)(H,41,51)(H,49,50)(H4,36,37,38)/t18-,19-,20-,22-,23-,24-,25+,26+,29-/m0/s1. The maximum Gasteiger partial charge on any atom is 0.305 e. The summed E-state index contributed by atoms with van der Waals surface area (Å²) in [6, 6.07) is -8.06. The monoisotopic (exact) mass is 768 g/mol. The molecular weight excluding hydrogens is 708 g/mol. The quantitative estimate of drug-likeness (QED) is 0.0145. The lowest BCUT2D eigenvalue weighted by molar-refractivity contribution is -0.157. The van der Waals surface area contributed by atoms with Gasteiger partial charge in [0.2, 0.25) is 23.6 Å². The van der Waals surface area contributed by atoms with Crippen molar-refractivity contribution in [3.05, 3.63) is 0 Å². The van der Waals surface area contributed by atoms with Crippen LogP contribution in [-0.4, -0.2) is 113 Å². The molecule has 20 nitrogen and oxygen atoms in total. The summed E-state index contributed by atoms with van der Waals surface area (Å²) < 4.78 is 0. The molecule has 9 atom stereocenters. The molecule has 0 aliphatic rings. The average Bonchev–Trinajstić information content (AvgIpc) is 3.11. The van der Waals surface area contributed by atoms with E-state index in [0.29, 0.717) is 30.3 Å². The molecule has 0 unspecified atom stereocenters. The Bertz CT molecular complexity index is 1320. The van der Waals surface area contributed by atoms with E-state index in [4.69, 9.17) is 16.9 Å². The summed E-state index contributed by atoms with van der Waals surface area (Å²) in [5.41, 5.74) is 16.1. The minimum absolute atomic E-state index is 0.00896. The van der Waals surface area contributed by atoms with Crippen molar-refractivity contribution >= 4 is 59.9 Å². The molecule has 6 amide bonds. The molecule has 12 N–H and O–H groups in total. The van der Waals surface area contributed by atoms with Crippen LogP contribution < -0.4 is 43.6 Å². The van der Waals surface area contributed by atoms with E-state index in [1.54, 1.807) is 34.6 Å². The van der Waals surface area contributed by atoms with Crippen LogP contribution in [0.1, 0.15) is 93.4 Å². The molecule has 0 aliphatic heterocycles. The van der Waals surface area contributed by atoms with Crippen LogP contribution >= 0.6 is 0 Å². The molecule has 0 radical (unpaired) electrons. The van der Waals surface area contributed by atoms with Crippen LogP contribution in [0.5, 0.6) is 0 Å². The zero-order valence-corrected chi connectivity index (χ0v) is 32.2. The highest BCUT2D eigenvalue weighted by Crippen LogP contribution is 2.20. The number of guanidine groups is 1. The fraction of sp³-hybridized carbons (Fsp3) is 0.706. The Hall–Kier alpha value is -4.98. The van der Waals surface area contributed by atoms with Crippen molar-refractivity contribution < 1.29 is 48.3 Å². The summed E-state index contributed by atoms with van der Waals surface area (Å²) in [6.07, 6.45) is 0.873. The molecule has 0 spiro atoms. The number of carboxylic acids is 1. The molecule has 0 bridgehead atoms. The van der Waals surface area contributed by atoms with Crippen LogP contribution in [0, 0.1) is 23.2 Å². The second kappa shape index (κ2) is 25.1. The predicted molar refractivity (Wildman–Crippen MR) is 197 cm³/mol. The lowest BCUT2D eigenvalue weighted by Crippen LogP contribution is -2.64. The number of carbonyl (C=O) groups excluding carboxylic acids is 8. The maximum absolute atomic E-state index is 14.4. The van der Waals surface area contributed by atoms with Gasteiger partial charge in [-0.15, -0.1) is 0 Å². The third-order valence-corrected chi connectivity index (χ3v) is 9.14. The van der Waals surface area contributed by atoms with Gasteiger partial charge in [0, 0.05) is 13.5 Å². The van der Waals surface area contributed by atoms with Gasteiger partial charge in [-0.25, -0.2) is 10.9 Å². The van der Waals surface area contributed by atoms with Crippen molar-refractivity contribution in [2.45, 2.75) is 130 Å². The van der Waals surface area contributed by atoms with E-state index in [1.807, 2.05) is 6.92 Å². The number of aldehydes is 2. The molecule has 0 heterocycles. The maximum atomic E-state index is 14.4. The van der Waals surface area contributed by atoms with E-state index in [0.717, 1.165) is 6.92 Å². The number of imide groups is 1. The number of nitrogens with two attached hydrogens (primary N) is 2. The zero-order chi connectivity index (χ0) is 41.7. The van der Waals surface area contributed by atoms with Crippen molar-refractivity contribution in [1.82, 2.24) is 37.0 Å². The summed E-state index contributed by atoms with van der Waals surface area (Å²) in [4.78, 5) is 116. The van der Waals surface area contributed by atoms with E-state index >= 15 is 0 Å². The van der Waals surface area contributed by atoms with E-state index < -0.39 is 102 Å². The smallest absolute Gasteiger partial charge is 0.305 e. The molecule has 0 aromatic heterocycles.